The Morgan fingerprint density at radius 1 is 1.02 bits per heavy atom. The second-order valence-electron chi connectivity index (χ2n) is 9.84. The molecular weight excluding hydrogens is 506 g/mol. The first-order valence-electron chi connectivity index (χ1n) is 13.2. The molecule has 1 aliphatic heterocycles. The highest BCUT2D eigenvalue weighted by Gasteiger charge is 2.35. The molecule has 3 heterocycles. The molecule has 2 aromatic heterocycles. The van der Waals surface area contributed by atoms with Crippen LogP contribution in [0.2, 0.25) is 0 Å². The molecular formula is C30H33N7O3. The van der Waals surface area contributed by atoms with Gasteiger partial charge in [0, 0.05) is 50.0 Å². The maximum Gasteiger partial charge on any atom is 0.320 e. The zero-order valence-corrected chi connectivity index (χ0v) is 22.6. The minimum atomic E-state index is -0.599. The number of rotatable bonds is 9. The highest BCUT2D eigenvalue weighted by atomic mass is 16.5. The van der Waals surface area contributed by atoms with Gasteiger partial charge in [-0.1, -0.05) is 48.5 Å². The average molecular weight is 540 g/mol. The molecule has 0 bridgehead atoms. The van der Waals surface area contributed by atoms with Gasteiger partial charge in [0.2, 0.25) is 0 Å². The van der Waals surface area contributed by atoms with Crippen molar-refractivity contribution in [3.8, 4) is 16.9 Å². The number of aromatic nitrogens is 3. The van der Waals surface area contributed by atoms with Crippen LogP contribution in [0.3, 0.4) is 0 Å². The fourth-order valence-electron chi connectivity index (χ4n) is 5.14. The fourth-order valence-corrected chi connectivity index (χ4v) is 5.14. The number of urea groups is 1. The number of ether oxygens (including phenoxy) is 1. The Balaban J connectivity index is 1.42. The van der Waals surface area contributed by atoms with E-state index in [-0.39, 0.29) is 23.7 Å². The lowest BCUT2D eigenvalue weighted by atomic mass is 9.94. The topological polar surface area (TPSA) is 127 Å². The summed E-state index contributed by atoms with van der Waals surface area (Å²) in [4.78, 5) is 31.5. The number of methoxy groups -OCH3 is 1. The summed E-state index contributed by atoms with van der Waals surface area (Å²) in [6, 6.07) is 22.8. The van der Waals surface area contributed by atoms with Crippen LogP contribution in [-0.4, -0.2) is 71.0 Å². The molecule has 2 aromatic carbocycles. The Kier molecular flexibility index (Phi) is 8.18. The van der Waals surface area contributed by atoms with Gasteiger partial charge >= 0.3 is 6.03 Å². The molecule has 206 valence electrons. The molecule has 4 aromatic rings. The standard InChI is InChI=1S/C30H33N7O3/c1-20-27(22-13-14-25(28(31)38)32-17-22)35-37(23-11-7-4-8-12-23)29(20)34-30(39)33-26-19-36(15-16-40-2)18-24(26)21-9-5-3-6-10-21/h3-14,17,24,26H,15-16,18-19H2,1-2H3,(H2,31,38)(H2,33,34,39)/t24-,26+/m0/s1. The number of nitrogens with two attached hydrogens (primary N) is 1. The Labute approximate surface area is 233 Å². The van der Waals surface area contributed by atoms with Crippen LogP contribution >= 0.6 is 0 Å². The van der Waals surface area contributed by atoms with Crippen LogP contribution in [0.15, 0.2) is 79.0 Å². The molecule has 0 spiro atoms. The van der Waals surface area contributed by atoms with E-state index in [4.69, 9.17) is 15.6 Å². The van der Waals surface area contributed by atoms with Gasteiger partial charge in [-0.25, -0.2) is 9.48 Å². The first-order chi connectivity index (χ1) is 19.4. The first-order valence-corrected chi connectivity index (χ1v) is 13.2. The number of hydrogen-bond donors (Lipinski definition) is 3. The second kappa shape index (κ2) is 12.1. The predicted octanol–water partition coefficient (Wildman–Crippen LogP) is 3.58. The summed E-state index contributed by atoms with van der Waals surface area (Å²) in [5, 5.41) is 11.1. The molecule has 10 nitrogen and oxygen atoms in total. The van der Waals surface area contributed by atoms with Crippen molar-refractivity contribution in [3.63, 3.8) is 0 Å². The summed E-state index contributed by atoms with van der Waals surface area (Å²) in [6.45, 7) is 4.88. The Bertz CT molecular complexity index is 1460. The van der Waals surface area contributed by atoms with Crippen LogP contribution in [-0.2, 0) is 4.74 Å². The summed E-state index contributed by atoms with van der Waals surface area (Å²) in [5.74, 6) is 0.0936. The van der Waals surface area contributed by atoms with Crippen LogP contribution < -0.4 is 16.4 Å². The van der Waals surface area contributed by atoms with Gasteiger partial charge < -0.3 is 15.8 Å². The Hall–Kier alpha value is -4.54. The smallest absolute Gasteiger partial charge is 0.320 e. The van der Waals surface area contributed by atoms with Crippen molar-refractivity contribution in [1.29, 1.82) is 0 Å². The van der Waals surface area contributed by atoms with Gasteiger partial charge in [-0.15, -0.1) is 0 Å². The minimum absolute atomic E-state index is 0.0855. The molecule has 0 radical (unpaired) electrons. The molecule has 1 fully saturated rings. The third kappa shape index (κ3) is 5.88. The number of carbonyl (C=O) groups excluding carboxylic acids is 2. The van der Waals surface area contributed by atoms with Crippen molar-refractivity contribution >= 4 is 17.8 Å². The van der Waals surface area contributed by atoms with Crippen molar-refractivity contribution in [1.82, 2.24) is 25.0 Å². The van der Waals surface area contributed by atoms with Gasteiger partial charge in [-0.3, -0.25) is 20.0 Å². The third-order valence-corrected chi connectivity index (χ3v) is 7.20. The molecule has 40 heavy (non-hydrogen) atoms. The second-order valence-corrected chi connectivity index (χ2v) is 9.84. The van der Waals surface area contributed by atoms with Gasteiger partial charge in [-0.05, 0) is 36.8 Å². The number of nitrogens with one attached hydrogen (secondary N) is 2. The lowest BCUT2D eigenvalue weighted by Crippen LogP contribution is -2.42. The van der Waals surface area contributed by atoms with E-state index < -0.39 is 5.91 Å². The lowest BCUT2D eigenvalue weighted by molar-refractivity contribution is 0.0995. The molecule has 4 N–H and O–H groups in total. The molecule has 3 amide bonds. The van der Waals surface area contributed by atoms with Crippen molar-refractivity contribution in [2.75, 3.05) is 38.7 Å². The number of primary amides is 1. The molecule has 2 atom stereocenters. The summed E-state index contributed by atoms with van der Waals surface area (Å²) >= 11 is 0. The number of likely N-dealkylation sites (tertiary alicyclic amines) is 1. The van der Waals surface area contributed by atoms with Gasteiger partial charge in [0.05, 0.1) is 24.0 Å². The molecule has 10 heteroatoms. The predicted molar refractivity (Wildman–Crippen MR) is 153 cm³/mol. The molecule has 0 unspecified atom stereocenters. The number of nitrogens with zero attached hydrogens (tertiary/aromatic N) is 4. The molecule has 0 saturated carbocycles. The SMILES string of the molecule is COCCN1C[C@@H](NC(=O)Nc2c(C)c(-c3ccc(C(N)=O)nc3)nn2-c2ccccc2)[C@H](c2ccccc2)C1. The van der Waals surface area contributed by atoms with Gasteiger partial charge in [-0.2, -0.15) is 5.10 Å². The average Bonchev–Trinajstić information content (AvgIpc) is 3.53. The monoisotopic (exact) mass is 539 g/mol. The number of benzene rings is 2. The number of carbonyl (C=O) groups is 2. The van der Waals surface area contributed by atoms with Crippen molar-refractivity contribution in [2.24, 2.45) is 5.73 Å². The zero-order chi connectivity index (χ0) is 28.1. The van der Waals surface area contributed by atoms with Gasteiger partial charge in [0.15, 0.2) is 0 Å². The van der Waals surface area contributed by atoms with E-state index in [0.717, 1.165) is 30.9 Å². The maximum absolute atomic E-state index is 13.5. The number of amides is 3. The van der Waals surface area contributed by atoms with E-state index in [1.165, 1.54) is 5.56 Å². The quantitative estimate of drug-likeness (QED) is 0.298. The highest BCUT2D eigenvalue weighted by molar-refractivity contribution is 5.92. The van der Waals surface area contributed by atoms with E-state index in [0.29, 0.717) is 23.7 Å². The summed E-state index contributed by atoms with van der Waals surface area (Å²) < 4.78 is 7.00. The molecule has 0 aliphatic carbocycles. The Morgan fingerprint density at radius 2 is 1.75 bits per heavy atom. The largest absolute Gasteiger partial charge is 0.383 e. The number of para-hydroxylation sites is 1. The van der Waals surface area contributed by atoms with E-state index in [1.807, 2.05) is 55.5 Å². The zero-order valence-electron chi connectivity index (χ0n) is 22.6. The molecule has 1 saturated heterocycles. The van der Waals surface area contributed by atoms with Crippen LogP contribution in [0.5, 0.6) is 0 Å². The number of hydrogen-bond acceptors (Lipinski definition) is 6. The van der Waals surface area contributed by atoms with E-state index in [2.05, 4.69) is 32.7 Å². The van der Waals surface area contributed by atoms with Crippen molar-refractivity contribution in [3.05, 3.63) is 95.8 Å². The molecule has 1 aliphatic rings. The Morgan fingerprint density at radius 3 is 2.40 bits per heavy atom. The summed E-state index contributed by atoms with van der Waals surface area (Å²) in [7, 11) is 1.70. The minimum Gasteiger partial charge on any atom is -0.383 e. The lowest BCUT2D eigenvalue weighted by Gasteiger charge is -2.21. The van der Waals surface area contributed by atoms with E-state index in [1.54, 1.807) is 30.1 Å². The van der Waals surface area contributed by atoms with Crippen molar-refractivity contribution in [2.45, 2.75) is 18.9 Å². The third-order valence-electron chi connectivity index (χ3n) is 7.20. The van der Waals surface area contributed by atoms with E-state index >= 15 is 0 Å². The fraction of sp³-hybridized carbons (Fsp3) is 0.267. The number of anilines is 1. The highest BCUT2D eigenvalue weighted by Crippen LogP contribution is 2.31. The van der Waals surface area contributed by atoms with Crippen LogP contribution in [0.4, 0.5) is 10.6 Å². The molecule has 5 rings (SSSR count). The van der Waals surface area contributed by atoms with Crippen molar-refractivity contribution < 1.29 is 14.3 Å². The first kappa shape index (κ1) is 27.0. The van der Waals surface area contributed by atoms with Gasteiger partial charge in [0.25, 0.3) is 5.91 Å². The normalized spacial score (nSPS) is 17.1. The van der Waals surface area contributed by atoms with Crippen LogP contribution in [0.25, 0.3) is 16.9 Å². The maximum atomic E-state index is 13.5. The van der Waals surface area contributed by atoms with Crippen LogP contribution in [0, 0.1) is 6.92 Å². The summed E-state index contributed by atoms with van der Waals surface area (Å²) in [6.07, 6.45) is 1.56. The van der Waals surface area contributed by atoms with Crippen LogP contribution in [0.1, 0.15) is 27.5 Å². The number of pyridine rings is 1. The summed E-state index contributed by atoms with van der Waals surface area (Å²) in [5.41, 5.74) is 9.61. The van der Waals surface area contributed by atoms with Gasteiger partial charge in [0.1, 0.15) is 11.5 Å². The van der Waals surface area contributed by atoms with E-state index in [9.17, 15) is 9.59 Å².